The van der Waals surface area contributed by atoms with Gasteiger partial charge in [0.05, 0.1) is 0 Å². The summed E-state index contributed by atoms with van der Waals surface area (Å²) in [4.78, 5) is 0. The molecule has 0 fully saturated rings. The highest BCUT2D eigenvalue weighted by Gasteiger charge is 2.10. The minimum absolute atomic E-state index is 1.07. The molecule has 88 valence electrons. The van der Waals surface area contributed by atoms with Crippen LogP contribution in [0, 0.1) is 0 Å². The molecular formula is C14H21NS. The molecule has 0 radical (unpaired) electrons. The first kappa shape index (κ1) is 13.3. The standard InChI is InChI=1S/C12H15NS.C2H6/c1-14-13-9-7-12(8-10-13)11-5-3-2-4-6-11;1-2/h2-7H,8-10H2,1H3;1-2H3. The molecule has 16 heavy (non-hydrogen) atoms. The third-order valence-electron chi connectivity index (χ3n) is 2.57. The van der Waals surface area contributed by atoms with Gasteiger partial charge in [0, 0.05) is 13.1 Å². The van der Waals surface area contributed by atoms with Crippen molar-refractivity contribution in [3.63, 3.8) is 0 Å². The second-order valence-corrected chi connectivity index (χ2v) is 4.30. The Morgan fingerprint density at radius 3 is 2.31 bits per heavy atom. The average molecular weight is 235 g/mol. The molecule has 0 aromatic heterocycles. The molecule has 2 heteroatoms. The van der Waals surface area contributed by atoms with Crippen LogP contribution in [0.1, 0.15) is 25.8 Å². The molecule has 0 amide bonds. The lowest BCUT2D eigenvalue weighted by molar-refractivity contribution is 0.518. The minimum Gasteiger partial charge on any atom is -0.247 e. The number of rotatable bonds is 2. The monoisotopic (exact) mass is 235 g/mol. The number of hydrogen-bond acceptors (Lipinski definition) is 2. The zero-order valence-corrected chi connectivity index (χ0v) is 11.3. The van der Waals surface area contributed by atoms with Crippen molar-refractivity contribution < 1.29 is 0 Å². The van der Waals surface area contributed by atoms with Crippen molar-refractivity contribution in [3.05, 3.63) is 42.0 Å². The molecule has 2 rings (SSSR count). The molecule has 1 nitrogen and oxygen atoms in total. The molecule has 0 saturated heterocycles. The zero-order chi connectivity index (χ0) is 11.8. The van der Waals surface area contributed by atoms with Crippen molar-refractivity contribution >= 4 is 17.5 Å². The molecule has 1 aliphatic rings. The van der Waals surface area contributed by atoms with Gasteiger partial charge < -0.3 is 0 Å². The number of nitrogens with zero attached hydrogens (tertiary/aromatic N) is 1. The van der Waals surface area contributed by atoms with Crippen molar-refractivity contribution in [2.75, 3.05) is 19.3 Å². The summed E-state index contributed by atoms with van der Waals surface area (Å²) in [6.45, 7) is 6.24. The predicted octanol–water partition coefficient (Wildman–Crippen LogP) is 4.08. The molecule has 0 N–H and O–H groups in total. The fourth-order valence-electron chi connectivity index (χ4n) is 1.73. The van der Waals surface area contributed by atoms with E-state index in [2.05, 4.69) is 47.0 Å². The van der Waals surface area contributed by atoms with Crippen LogP contribution in [0.25, 0.3) is 5.57 Å². The third kappa shape index (κ3) is 3.69. The number of benzene rings is 1. The summed E-state index contributed by atoms with van der Waals surface area (Å²) >= 11 is 1.83. The Labute approximate surface area is 104 Å². The third-order valence-corrected chi connectivity index (χ3v) is 3.42. The summed E-state index contributed by atoms with van der Waals surface area (Å²) in [5.41, 5.74) is 2.88. The first-order valence-electron chi connectivity index (χ1n) is 5.93. The van der Waals surface area contributed by atoms with Crippen molar-refractivity contribution in [2.45, 2.75) is 20.3 Å². The van der Waals surface area contributed by atoms with Crippen LogP contribution in [0.4, 0.5) is 0 Å². The number of hydrogen-bond donors (Lipinski definition) is 0. The van der Waals surface area contributed by atoms with Crippen molar-refractivity contribution in [1.29, 1.82) is 0 Å². The van der Waals surface area contributed by atoms with Crippen molar-refractivity contribution in [1.82, 2.24) is 4.31 Å². The summed E-state index contributed by atoms with van der Waals surface area (Å²) in [7, 11) is 0. The molecule has 0 bridgehead atoms. The van der Waals surface area contributed by atoms with Gasteiger partial charge in [-0.1, -0.05) is 62.2 Å². The fourth-order valence-corrected chi connectivity index (χ4v) is 2.23. The van der Waals surface area contributed by atoms with Crippen LogP contribution in [-0.4, -0.2) is 23.7 Å². The summed E-state index contributed by atoms with van der Waals surface area (Å²) in [5, 5.41) is 0. The minimum atomic E-state index is 1.07. The molecule has 0 saturated carbocycles. The SMILES string of the molecule is CC.CSN1CC=C(c2ccccc2)CC1. The second kappa shape index (κ2) is 7.53. The van der Waals surface area contributed by atoms with E-state index in [0.29, 0.717) is 0 Å². The lowest BCUT2D eigenvalue weighted by Gasteiger charge is -2.23. The average Bonchev–Trinajstić information content (AvgIpc) is 2.42. The van der Waals surface area contributed by atoms with Gasteiger partial charge in [-0.05, 0) is 23.8 Å². The van der Waals surface area contributed by atoms with Gasteiger partial charge >= 0.3 is 0 Å². The Bertz CT molecular complexity index is 319. The van der Waals surface area contributed by atoms with Crippen LogP contribution >= 0.6 is 11.9 Å². The van der Waals surface area contributed by atoms with E-state index in [1.807, 2.05) is 25.8 Å². The van der Waals surface area contributed by atoms with Crippen LogP contribution in [0.3, 0.4) is 0 Å². The van der Waals surface area contributed by atoms with E-state index < -0.39 is 0 Å². The summed E-state index contributed by atoms with van der Waals surface area (Å²) < 4.78 is 2.38. The second-order valence-electron chi connectivity index (χ2n) is 3.42. The van der Waals surface area contributed by atoms with Crippen LogP contribution in [0.2, 0.25) is 0 Å². The largest absolute Gasteiger partial charge is 0.247 e. The smallest absolute Gasteiger partial charge is 0.0276 e. The molecule has 0 unspecified atom stereocenters. The van der Waals surface area contributed by atoms with Crippen LogP contribution in [-0.2, 0) is 0 Å². The summed E-state index contributed by atoms with van der Waals surface area (Å²) in [5.74, 6) is 0. The topological polar surface area (TPSA) is 3.24 Å². The fraction of sp³-hybridized carbons (Fsp3) is 0.429. The van der Waals surface area contributed by atoms with Crippen LogP contribution in [0.5, 0.6) is 0 Å². The Hall–Kier alpha value is -0.730. The van der Waals surface area contributed by atoms with E-state index in [1.54, 1.807) is 0 Å². The molecule has 1 aliphatic heterocycles. The quantitative estimate of drug-likeness (QED) is 0.711. The highest BCUT2D eigenvalue weighted by Crippen LogP contribution is 2.24. The lowest BCUT2D eigenvalue weighted by atomic mass is 10.0. The van der Waals surface area contributed by atoms with Crippen LogP contribution in [0.15, 0.2) is 36.4 Å². The molecule has 1 aromatic rings. The van der Waals surface area contributed by atoms with Crippen molar-refractivity contribution in [3.8, 4) is 0 Å². The molecule has 1 aromatic carbocycles. The Morgan fingerprint density at radius 1 is 1.12 bits per heavy atom. The predicted molar refractivity (Wildman–Crippen MR) is 75.5 cm³/mol. The summed E-state index contributed by atoms with van der Waals surface area (Å²) in [6, 6.07) is 10.7. The Balaban J connectivity index is 0.000000606. The van der Waals surface area contributed by atoms with Crippen LogP contribution < -0.4 is 0 Å². The van der Waals surface area contributed by atoms with E-state index in [4.69, 9.17) is 0 Å². The maximum Gasteiger partial charge on any atom is 0.0276 e. The maximum absolute atomic E-state index is 2.38. The molecular weight excluding hydrogens is 214 g/mol. The van der Waals surface area contributed by atoms with E-state index in [9.17, 15) is 0 Å². The normalized spacial score (nSPS) is 16.1. The van der Waals surface area contributed by atoms with E-state index in [1.165, 1.54) is 24.1 Å². The van der Waals surface area contributed by atoms with Crippen molar-refractivity contribution in [2.24, 2.45) is 0 Å². The van der Waals surface area contributed by atoms with Gasteiger partial charge in [0.15, 0.2) is 0 Å². The van der Waals surface area contributed by atoms with Gasteiger partial charge in [-0.25, -0.2) is 4.31 Å². The highest BCUT2D eigenvalue weighted by atomic mass is 32.2. The van der Waals surface area contributed by atoms with E-state index in [-0.39, 0.29) is 0 Å². The van der Waals surface area contributed by atoms with Gasteiger partial charge in [-0.3, -0.25) is 0 Å². The Kier molecular flexibility index (Phi) is 6.27. The summed E-state index contributed by atoms with van der Waals surface area (Å²) in [6.07, 6.45) is 5.65. The zero-order valence-electron chi connectivity index (χ0n) is 10.4. The van der Waals surface area contributed by atoms with Gasteiger partial charge in [-0.2, -0.15) is 0 Å². The van der Waals surface area contributed by atoms with Gasteiger partial charge in [-0.15, -0.1) is 0 Å². The first-order chi connectivity index (χ1) is 7.90. The first-order valence-corrected chi connectivity index (χ1v) is 7.12. The van der Waals surface area contributed by atoms with Gasteiger partial charge in [0.2, 0.25) is 0 Å². The Morgan fingerprint density at radius 2 is 1.81 bits per heavy atom. The maximum atomic E-state index is 2.38. The molecule has 0 atom stereocenters. The van der Waals surface area contributed by atoms with Gasteiger partial charge in [0.1, 0.15) is 0 Å². The van der Waals surface area contributed by atoms with E-state index in [0.717, 1.165) is 6.54 Å². The highest BCUT2D eigenvalue weighted by molar-refractivity contribution is 7.96. The molecule has 0 spiro atoms. The molecule has 1 heterocycles. The molecule has 0 aliphatic carbocycles. The van der Waals surface area contributed by atoms with Gasteiger partial charge in [0.25, 0.3) is 0 Å². The lowest BCUT2D eigenvalue weighted by Crippen LogP contribution is -2.21. The van der Waals surface area contributed by atoms with E-state index >= 15 is 0 Å².